The maximum Gasteiger partial charge on any atom is 0.304 e. The van der Waals surface area contributed by atoms with Crippen LogP contribution in [0.1, 0.15) is 32.1 Å². The maximum absolute atomic E-state index is 10.9. The van der Waals surface area contributed by atoms with Crippen molar-refractivity contribution in [2.45, 2.75) is 32.1 Å². The number of hydrogen-bond donors (Lipinski definition) is 1. The van der Waals surface area contributed by atoms with Crippen LogP contribution in [0, 0.1) is 5.92 Å². The van der Waals surface area contributed by atoms with Gasteiger partial charge in [0, 0.05) is 11.6 Å². The third-order valence-electron chi connectivity index (χ3n) is 3.72. The largest absolute Gasteiger partial charge is 0.481 e. The molecule has 0 bridgehead atoms. The average Bonchev–Trinajstić information content (AvgIpc) is 2.68. The van der Waals surface area contributed by atoms with Crippen LogP contribution in [0.15, 0.2) is 40.1 Å². The Bertz CT molecular complexity index is 494. The molecule has 2 aliphatic carbocycles. The van der Waals surface area contributed by atoms with E-state index in [0.29, 0.717) is 0 Å². The van der Waals surface area contributed by atoms with Crippen molar-refractivity contribution < 1.29 is 9.90 Å². The molecule has 1 atom stereocenters. The fourth-order valence-corrected chi connectivity index (χ4v) is 2.97. The van der Waals surface area contributed by atoms with Crippen LogP contribution in [-0.2, 0) is 4.79 Å². The Morgan fingerprint density at radius 2 is 2.35 bits per heavy atom. The van der Waals surface area contributed by atoms with Crippen molar-refractivity contribution in [3.63, 3.8) is 0 Å². The molecule has 3 aliphatic rings. The zero-order chi connectivity index (χ0) is 11.8. The molecule has 1 fully saturated rings. The Balaban J connectivity index is 1.95. The standard InChI is InChI=1S/C14H15NO2/c16-13(17)8-9-4-3-6-11-10-5-1-2-7-12(10)15-14(9)11/h1-2,7,9H,3-6,8H2,(H,16,17). The van der Waals surface area contributed by atoms with E-state index in [9.17, 15) is 4.79 Å². The van der Waals surface area contributed by atoms with Crippen LogP contribution < -0.4 is 0 Å². The second kappa shape index (κ2) is 3.99. The first-order valence-corrected chi connectivity index (χ1v) is 6.15. The molecule has 1 aliphatic heterocycles. The highest BCUT2D eigenvalue weighted by molar-refractivity contribution is 6.08. The topological polar surface area (TPSA) is 49.7 Å². The van der Waals surface area contributed by atoms with Crippen molar-refractivity contribution in [2.24, 2.45) is 10.9 Å². The SMILES string of the molecule is O=C(O)CC1CCCC2=C3CC=CC=C3N=C21. The minimum atomic E-state index is -0.717. The Morgan fingerprint density at radius 3 is 3.18 bits per heavy atom. The number of fused-ring (bicyclic) bond motifs is 2. The zero-order valence-corrected chi connectivity index (χ0v) is 9.65. The summed E-state index contributed by atoms with van der Waals surface area (Å²) in [7, 11) is 0. The summed E-state index contributed by atoms with van der Waals surface area (Å²) >= 11 is 0. The predicted molar refractivity (Wildman–Crippen MR) is 65.9 cm³/mol. The monoisotopic (exact) mass is 229 g/mol. The quantitative estimate of drug-likeness (QED) is 0.791. The Labute approximate surface area is 100 Å². The van der Waals surface area contributed by atoms with E-state index in [4.69, 9.17) is 5.11 Å². The smallest absolute Gasteiger partial charge is 0.304 e. The molecule has 3 heteroatoms. The number of carboxylic acids is 1. The van der Waals surface area contributed by atoms with Crippen LogP contribution in [0.4, 0.5) is 0 Å². The molecule has 3 nitrogen and oxygen atoms in total. The van der Waals surface area contributed by atoms with Gasteiger partial charge in [-0.2, -0.15) is 0 Å². The maximum atomic E-state index is 10.9. The molecule has 0 aromatic rings. The normalized spacial score (nSPS) is 26.2. The van der Waals surface area contributed by atoms with E-state index in [1.807, 2.05) is 12.2 Å². The molecule has 1 saturated carbocycles. The van der Waals surface area contributed by atoms with Gasteiger partial charge >= 0.3 is 5.97 Å². The molecule has 0 aromatic heterocycles. The number of hydrogen-bond acceptors (Lipinski definition) is 2. The first-order valence-electron chi connectivity index (χ1n) is 6.15. The molecule has 1 unspecified atom stereocenters. The van der Waals surface area contributed by atoms with Gasteiger partial charge in [-0.3, -0.25) is 9.79 Å². The number of rotatable bonds is 2. The molecule has 0 radical (unpaired) electrons. The molecule has 0 saturated heterocycles. The zero-order valence-electron chi connectivity index (χ0n) is 9.65. The second-order valence-electron chi connectivity index (χ2n) is 4.83. The van der Waals surface area contributed by atoms with Gasteiger partial charge in [-0.25, -0.2) is 0 Å². The Kier molecular flexibility index (Phi) is 2.46. The minimum Gasteiger partial charge on any atom is -0.481 e. The Hall–Kier alpha value is -1.64. The molecule has 0 spiro atoms. The van der Waals surface area contributed by atoms with Gasteiger partial charge in [0.1, 0.15) is 0 Å². The number of aliphatic carboxylic acids is 1. The van der Waals surface area contributed by atoms with Crippen LogP contribution in [0.25, 0.3) is 0 Å². The van der Waals surface area contributed by atoms with E-state index in [0.717, 1.165) is 37.1 Å². The first kappa shape index (κ1) is 10.5. The van der Waals surface area contributed by atoms with Crippen LogP contribution in [0.2, 0.25) is 0 Å². The lowest BCUT2D eigenvalue weighted by Crippen LogP contribution is -2.23. The fraction of sp³-hybridized carbons (Fsp3) is 0.429. The first-order chi connectivity index (χ1) is 8.25. The summed E-state index contributed by atoms with van der Waals surface area (Å²) < 4.78 is 0. The average molecular weight is 229 g/mol. The summed E-state index contributed by atoms with van der Waals surface area (Å²) in [5, 5.41) is 8.95. The molecular weight excluding hydrogens is 214 g/mol. The molecule has 0 aromatic carbocycles. The lowest BCUT2D eigenvalue weighted by Gasteiger charge is -2.23. The van der Waals surface area contributed by atoms with Crippen LogP contribution in [0.3, 0.4) is 0 Å². The van der Waals surface area contributed by atoms with Crippen molar-refractivity contribution in [3.05, 3.63) is 35.1 Å². The van der Waals surface area contributed by atoms with Crippen LogP contribution in [0.5, 0.6) is 0 Å². The third-order valence-corrected chi connectivity index (χ3v) is 3.72. The van der Waals surface area contributed by atoms with E-state index in [1.165, 1.54) is 11.1 Å². The van der Waals surface area contributed by atoms with E-state index in [2.05, 4.69) is 11.1 Å². The summed E-state index contributed by atoms with van der Waals surface area (Å²) in [6.45, 7) is 0. The third kappa shape index (κ3) is 1.75. The number of aliphatic imine (C=N–C) groups is 1. The van der Waals surface area contributed by atoms with Crippen molar-refractivity contribution >= 4 is 11.7 Å². The lowest BCUT2D eigenvalue weighted by atomic mass is 9.80. The number of nitrogens with zero attached hydrogens (tertiary/aromatic N) is 1. The molecular formula is C14H15NO2. The van der Waals surface area contributed by atoms with E-state index in [-0.39, 0.29) is 12.3 Å². The number of allylic oxidation sites excluding steroid dienone is 5. The van der Waals surface area contributed by atoms with Gasteiger partial charge < -0.3 is 5.11 Å². The van der Waals surface area contributed by atoms with Gasteiger partial charge in [0.05, 0.1) is 12.1 Å². The van der Waals surface area contributed by atoms with Crippen molar-refractivity contribution in [1.29, 1.82) is 0 Å². The van der Waals surface area contributed by atoms with Gasteiger partial charge in [0.2, 0.25) is 0 Å². The summed E-state index contributed by atoms with van der Waals surface area (Å²) in [4.78, 5) is 15.5. The minimum absolute atomic E-state index is 0.121. The molecule has 1 N–H and O–H groups in total. The van der Waals surface area contributed by atoms with E-state index in [1.54, 1.807) is 0 Å². The fourth-order valence-electron chi connectivity index (χ4n) is 2.97. The van der Waals surface area contributed by atoms with Crippen molar-refractivity contribution in [1.82, 2.24) is 0 Å². The highest BCUT2D eigenvalue weighted by atomic mass is 16.4. The summed E-state index contributed by atoms with van der Waals surface area (Å²) in [6, 6.07) is 0. The second-order valence-corrected chi connectivity index (χ2v) is 4.83. The molecule has 88 valence electrons. The molecule has 0 amide bonds. The number of carboxylic acid groups (broad SMARTS) is 1. The molecule has 17 heavy (non-hydrogen) atoms. The lowest BCUT2D eigenvalue weighted by molar-refractivity contribution is -0.137. The highest BCUT2D eigenvalue weighted by Crippen LogP contribution is 2.40. The van der Waals surface area contributed by atoms with Gasteiger partial charge in [0.25, 0.3) is 0 Å². The number of carbonyl (C=O) groups is 1. The van der Waals surface area contributed by atoms with Gasteiger partial charge in [-0.1, -0.05) is 12.2 Å². The molecule has 1 heterocycles. The highest BCUT2D eigenvalue weighted by Gasteiger charge is 2.33. The van der Waals surface area contributed by atoms with Gasteiger partial charge in [-0.15, -0.1) is 0 Å². The summed E-state index contributed by atoms with van der Waals surface area (Å²) in [5.41, 5.74) is 4.79. The van der Waals surface area contributed by atoms with E-state index < -0.39 is 5.97 Å². The van der Waals surface area contributed by atoms with Crippen LogP contribution >= 0.6 is 0 Å². The predicted octanol–water partition coefficient (Wildman–Crippen LogP) is 2.86. The Morgan fingerprint density at radius 1 is 1.47 bits per heavy atom. The summed E-state index contributed by atoms with van der Waals surface area (Å²) in [5.74, 6) is -0.596. The van der Waals surface area contributed by atoms with Gasteiger partial charge in [0.15, 0.2) is 0 Å². The molecule has 3 rings (SSSR count). The van der Waals surface area contributed by atoms with Crippen molar-refractivity contribution in [2.75, 3.05) is 0 Å². The summed E-state index contributed by atoms with van der Waals surface area (Å²) in [6.07, 6.45) is 10.5. The van der Waals surface area contributed by atoms with Crippen molar-refractivity contribution in [3.8, 4) is 0 Å². The van der Waals surface area contributed by atoms with Crippen LogP contribution in [-0.4, -0.2) is 16.8 Å². The van der Waals surface area contributed by atoms with Gasteiger partial charge in [-0.05, 0) is 42.9 Å². The van der Waals surface area contributed by atoms with E-state index >= 15 is 0 Å².